The zero-order valence-electron chi connectivity index (χ0n) is 18.4. The third-order valence-electron chi connectivity index (χ3n) is 5.75. The average Bonchev–Trinajstić information content (AvgIpc) is 3.38. The highest BCUT2D eigenvalue weighted by atomic mass is 32.2. The first-order valence-electron chi connectivity index (χ1n) is 10.7. The third kappa shape index (κ3) is 4.67. The molecule has 1 aliphatic rings. The van der Waals surface area contributed by atoms with E-state index in [1.54, 1.807) is 0 Å². The Morgan fingerprint density at radius 1 is 1.10 bits per heavy atom. The molecule has 0 aliphatic carbocycles. The standard InChI is InChI=1S/C24H29N5OS/c1-4-20(27(2)3)23-25-26-24(29(23)16-18-10-6-5-7-11-18)31-17-22(30)28-15-14-19-12-8-9-13-21(19)28/h5-13,20H,4,14-17H2,1-3H3. The van der Waals surface area contributed by atoms with Crippen LogP contribution in [0.3, 0.4) is 0 Å². The molecule has 4 rings (SSSR count). The fraction of sp³-hybridized carbons (Fsp3) is 0.375. The minimum Gasteiger partial charge on any atom is -0.311 e. The van der Waals surface area contributed by atoms with Gasteiger partial charge in [0, 0.05) is 12.2 Å². The van der Waals surface area contributed by atoms with Gasteiger partial charge in [-0.05, 0) is 44.1 Å². The van der Waals surface area contributed by atoms with Gasteiger partial charge in [-0.25, -0.2) is 0 Å². The van der Waals surface area contributed by atoms with Crippen LogP contribution in [0.2, 0.25) is 0 Å². The molecular formula is C24H29N5OS. The van der Waals surface area contributed by atoms with Crippen LogP contribution in [0.15, 0.2) is 59.8 Å². The van der Waals surface area contributed by atoms with Crippen molar-refractivity contribution in [1.29, 1.82) is 0 Å². The Morgan fingerprint density at radius 3 is 2.58 bits per heavy atom. The van der Waals surface area contributed by atoms with E-state index in [4.69, 9.17) is 0 Å². The summed E-state index contributed by atoms with van der Waals surface area (Å²) in [6, 6.07) is 18.7. The highest BCUT2D eigenvalue weighted by molar-refractivity contribution is 7.99. The zero-order chi connectivity index (χ0) is 21.8. The molecule has 0 radical (unpaired) electrons. The molecule has 0 spiro atoms. The summed E-state index contributed by atoms with van der Waals surface area (Å²) >= 11 is 1.48. The van der Waals surface area contributed by atoms with Crippen molar-refractivity contribution in [3.63, 3.8) is 0 Å². The molecule has 1 amide bonds. The molecule has 1 aliphatic heterocycles. The molecule has 3 aromatic rings. The van der Waals surface area contributed by atoms with Crippen molar-refractivity contribution in [3.05, 3.63) is 71.5 Å². The molecule has 1 atom stereocenters. The van der Waals surface area contributed by atoms with Gasteiger partial charge in [0.2, 0.25) is 5.91 Å². The number of thioether (sulfide) groups is 1. The normalized spacial score (nSPS) is 14.1. The van der Waals surface area contributed by atoms with Crippen LogP contribution in [0.25, 0.3) is 0 Å². The van der Waals surface area contributed by atoms with Gasteiger partial charge in [-0.2, -0.15) is 0 Å². The van der Waals surface area contributed by atoms with E-state index < -0.39 is 0 Å². The van der Waals surface area contributed by atoms with Gasteiger partial charge in [-0.3, -0.25) is 9.69 Å². The topological polar surface area (TPSA) is 54.3 Å². The van der Waals surface area contributed by atoms with Crippen LogP contribution < -0.4 is 4.90 Å². The maximum Gasteiger partial charge on any atom is 0.237 e. The van der Waals surface area contributed by atoms with E-state index in [0.717, 1.165) is 36.1 Å². The van der Waals surface area contributed by atoms with E-state index >= 15 is 0 Å². The van der Waals surface area contributed by atoms with E-state index in [0.29, 0.717) is 12.3 Å². The lowest BCUT2D eigenvalue weighted by atomic mass is 10.2. The molecule has 2 heterocycles. The van der Waals surface area contributed by atoms with Crippen molar-refractivity contribution >= 4 is 23.4 Å². The van der Waals surface area contributed by atoms with Crippen LogP contribution in [0.1, 0.15) is 36.3 Å². The van der Waals surface area contributed by atoms with Crippen LogP contribution in [-0.2, 0) is 17.8 Å². The number of anilines is 1. The van der Waals surface area contributed by atoms with Gasteiger partial charge in [0.1, 0.15) is 0 Å². The fourth-order valence-corrected chi connectivity index (χ4v) is 4.97. The molecule has 1 unspecified atom stereocenters. The van der Waals surface area contributed by atoms with Crippen molar-refractivity contribution < 1.29 is 4.79 Å². The zero-order valence-corrected chi connectivity index (χ0v) is 19.2. The fourth-order valence-electron chi connectivity index (χ4n) is 4.15. The Bertz CT molecular complexity index is 1030. The van der Waals surface area contributed by atoms with Gasteiger partial charge >= 0.3 is 0 Å². The van der Waals surface area contributed by atoms with Gasteiger partial charge in [0.15, 0.2) is 11.0 Å². The quantitative estimate of drug-likeness (QED) is 0.500. The van der Waals surface area contributed by atoms with E-state index in [1.165, 1.54) is 22.9 Å². The summed E-state index contributed by atoms with van der Waals surface area (Å²) in [5, 5.41) is 9.82. The molecule has 1 aromatic heterocycles. The highest BCUT2D eigenvalue weighted by Gasteiger charge is 2.26. The Hall–Kier alpha value is -2.64. The molecule has 162 valence electrons. The lowest BCUT2D eigenvalue weighted by molar-refractivity contribution is -0.116. The molecule has 0 fully saturated rings. The van der Waals surface area contributed by atoms with Crippen LogP contribution in [0.5, 0.6) is 0 Å². The number of aromatic nitrogens is 3. The minimum atomic E-state index is 0.116. The molecule has 0 saturated heterocycles. The van der Waals surface area contributed by atoms with Gasteiger partial charge in [0.05, 0.1) is 18.3 Å². The number of fused-ring (bicyclic) bond motifs is 1. The number of para-hydroxylation sites is 1. The summed E-state index contributed by atoms with van der Waals surface area (Å²) in [5.74, 6) is 1.41. The molecular weight excluding hydrogens is 406 g/mol. The smallest absolute Gasteiger partial charge is 0.237 e. The summed E-state index contributed by atoms with van der Waals surface area (Å²) < 4.78 is 2.17. The second-order valence-corrected chi connectivity index (χ2v) is 8.96. The maximum atomic E-state index is 13.0. The van der Waals surface area contributed by atoms with Crippen LogP contribution in [-0.4, -0.2) is 52.0 Å². The van der Waals surface area contributed by atoms with Crippen molar-refractivity contribution in [2.24, 2.45) is 0 Å². The predicted octanol–water partition coefficient (Wildman–Crippen LogP) is 4.02. The number of hydrogen-bond donors (Lipinski definition) is 0. The van der Waals surface area contributed by atoms with Gasteiger partial charge in [-0.1, -0.05) is 67.2 Å². The van der Waals surface area contributed by atoms with Crippen LogP contribution in [0, 0.1) is 0 Å². The van der Waals surface area contributed by atoms with Gasteiger partial charge < -0.3 is 9.47 Å². The molecule has 6 nitrogen and oxygen atoms in total. The predicted molar refractivity (Wildman–Crippen MR) is 126 cm³/mol. The summed E-state index contributed by atoms with van der Waals surface area (Å²) in [6.07, 6.45) is 1.86. The first-order chi connectivity index (χ1) is 15.1. The Morgan fingerprint density at radius 2 is 1.84 bits per heavy atom. The monoisotopic (exact) mass is 435 g/mol. The van der Waals surface area contributed by atoms with Crippen LogP contribution >= 0.6 is 11.8 Å². The molecule has 0 N–H and O–H groups in total. The minimum absolute atomic E-state index is 0.116. The van der Waals surface area contributed by atoms with E-state index in [-0.39, 0.29) is 11.9 Å². The first-order valence-corrected chi connectivity index (χ1v) is 11.7. The highest BCUT2D eigenvalue weighted by Crippen LogP contribution is 2.30. The van der Waals surface area contributed by atoms with Crippen LogP contribution in [0.4, 0.5) is 5.69 Å². The molecule has 31 heavy (non-hydrogen) atoms. The number of hydrogen-bond acceptors (Lipinski definition) is 5. The molecule has 7 heteroatoms. The van der Waals surface area contributed by atoms with E-state index in [9.17, 15) is 4.79 Å². The summed E-state index contributed by atoms with van der Waals surface area (Å²) in [6.45, 7) is 3.60. The van der Waals surface area contributed by atoms with Crippen molar-refractivity contribution in [2.75, 3.05) is 31.3 Å². The second kappa shape index (κ2) is 9.66. The van der Waals surface area contributed by atoms with Gasteiger partial charge in [0.25, 0.3) is 0 Å². The SMILES string of the molecule is CCC(c1nnc(SCC(=O)N2CCc3ccccc32)n1Cc1ccccc1)N(C)C. The van der Waals surface area contributed by atoms with Gasteiger partial charge in [-0.15, -0.1) is 10.2 Å². The number of benzene rings is 2. The number of nitrogens with zero attached hydrogens (tertiary/aromatic N) is 5. The van der Waals surface area contributed by atoms with Crippen molar-refractivity contribution in [3.8, 4) is 0 Å². The molecule has 0 bridgehead atoms. The Kier molecular flexibility index (Phi) is 6.73. The summed E-state index contributed by atoms with van der Waals surface area (Å²) in [7, 11) is 4.13. The number of carbonyl (C=O) groups is 1. The summed E-state index contributed by atoms with van der Waals surface area (Å²) in [5.41, 5.74) is 3.48. The summed E-state index contributed by atoms with van der Waals surface area (Å²) in [4.78, 5) is 17.1. The number of carbonyl (C=O) groups excluding carboxylic acids is 1. The lowest BCUT2D eigenvalue weighted by Gasteiger charge is -2.23. The van der Waals surface area contributed by atoms with Crippen molar-refractivity contribution in [2.45, 2.75) is 37.5 Å². The second-order valence-electron chi connectivity index (χ2n) is 8.01. The Balaban J connectivity index is 1.55. The van der Waals surface area contributed by atoms with E-state index in [1.807, 2.05) is 41.3 Å². The molecule has 2 aromatic carbocycles. The van der Waals surface area contributed by atoms with Crippen molar-refractivity contribution in [1.82, 2.24) is 19.7 Å². The largest absolute Gasteiger partial charge is 0.311 e. The first kappa shape index (κ1) is 21.6. The lowest BCUT2D eigenvalue weighted by Crippen LogP contribution is -2.30. The average molecular weight is 436 g/mol. The maximum absolute atomic E-state index is 13.0. The number of amides is 1. The molecule has 0 saturated carbocycles. The number of rotatable bonds is 8. The third-order valence-corrected chi connectivity index (χ3v) is 6.70. The van der Waals surface area contributed by atoms with E-state index in [2.05, 4.69) is 58.9 Å². The Labute approximate surface area is 188 Å².